The van der Waals surface area contributed by atoms with Crippen molar-refractivity contribution >= 4 is 65.6 Å². The average Bonchev–Trinajstić information content (AvgIpc) is 4.12. The molecule has 0 saturated heterocycles. The summed E-state index contributed by atoms with van der Waals surface area (Å²) in [6.45, 7) is 0. The van der Waals surface area contributed by atoms with E-state index in [1.165, 1.54) is 22.3 Å². The molecule has 0 radical (unpaired) electrons. The summed E-state index contributed by atoms with van der Waals surface area (Å²) in [5, 5.41) is 6.73. The maximum atomic E-state index is 6.72. The van der Waals surface area contributed by atoms with Crippen LogP contribution in [-0.2, 0) is 6.42 Å². The number of furan rings is 1. The summed E-state index contributed by atoms with van der Waals surface area (Å²) in [4.78, 5) is 16.2. The topological polar surface area (TPSA) is 61.7 Å². The van der Waals surface area contributed by atoms with Crippen molar-refractivity contribution in [1.29, 1.82) is 0 Å². The van der Waals surface area contributed by atoms with Crippen molar-refractivity contribution < 1.29 is 4.42 Å². The van der Waals surface area contributed by atoms with E-state index in [-0.39, 0.29) is 0 Å². The van der Waals surface area contributed by atoms with Crippen molar-refractivity contribution in [1.82, 2.24) is 24.1 Å². The minimum Gasteiger partial charge on any atom is -0.456 e. The third kappa shape index (κ3) is 5.05. The van der Waals surface area contributed by atoms with Crippen molar-refractivity contribution in [3.8, 4) is 56.7 Å². The Bertz CT molecular complexity index is 4050. The molecule has 0 N–H and O–H groups in total. The highest BCUT2D eigenvalue weighted by molar-refractivity contribution is 6.24. The minimum atomic E-state index is 0.560. The molecule has 6 nitrogen and oxygen atoms in total. The van der Waals surface area contributed by atoms with E-state index < -0.39 is 0 Å². The zero-order valence-corrected chi connectivity index (χ0v) is 34.4. The van der Waals surface area contributed by atoms with Gasteiger partial charge in [-0.3, -0.25) is 4.57 Å². The van der Waals surface area contributed by atoms with Gasteiger partial charge in [-0.15, -0.1) is 0 Å². The van der Waals surface area contributed by atoms with Crippen LogP contribution in [0.5, 0.6) is 0 Å². The fraction of sp³-hybridized carbons (Fsp3) is 0.0172. The molecule has 13 aromatic rings. The molecular weight excluding hydrogens is 783 g/mol. The summed E-state index contributed by atoms with van der Waals surface area (Å²) in [6, 6.07) is 70.8. The lowest BCUT2D eigenvalue weighted by Crippen LogP contribution is -2.07. The van der Waals surface area contributed by atoms with Crippen LogP contribution in [-0.4, -0.2) is 24.1 Å². The Morgan fingerprint density at radius 1 is 0.391 bits per heavy atom. The van der Waals surface area contributed by atoms with E-state index in [0.717, 1.165) is 99.9 Å². The van der Waals surface area contributed by atoms with Crippen molar-refractivity contribution in [2.75, 3.05) is 0 Å². The SMILES string of the molecule is c1ccc(-c2nc(-c3cccc4c3-c3ccccc3C4)nc(-n3c4ccccc4c4ccc5c6ccccc6n(-c6ccc7c(c6)oc6cccc(-c8ccccc8)c67)c5c43)n2)cc1. The number of fused-ring (bicyclic) bond motifs is 13. The first kappa shape index (κ1) is 35.0. The first-order chi connectivity index (χ1) is 31.7. The normalized spacial score (nSPS) is 12.3. The first-order valence-electron chi connectivity index (χ1n) is 21.7. The Balaban J connectivity index is 1.08. The Hall–Kier alpha value is -8.61. The zero-order valence-electron chi connectivity index (χ0n) is 34.4. The second kappa shape index (κ2) is 13.4. The molecular formula is C58H35N5O. The van der Waals surface area contributed by atoms with Crippen LogP contribution in [0, 0.1) is 0 Å². The molecule has 4 heterocycles. The second-order valence-corrected chi connectivity index (χ2v) is 16.7. The molecule has 0 bridgehead atoms. The Morgan fingerprint density at radius 3 is 1.78 bits per heavy atom. The van der Waals surface area contributed by atoms with Crippen LogP contribution in [0.25, 0.3) is 122 Å². The molecule has 1 aliphatic rings. The van der Waals surface area contributed by atoms with Crippen molar-refractivity contribution in [3.05, 3.63) is 211 Å². The largest absolute Gasteiger partial charge is 0.456 e. The van der Waals surface area contributed by atoms with Gasteiger partial charge < -0.3 is 8.98 Å². The van der Waals surface area contributed by atoms with E-state index >= 15 is 0 Å². The summed E-state index contributed by atoms with van der Waals surface area (Å²) in [5.41, 5.74) is 16.2. The van der Waals surface area contributed by atoms with Gasteiger partial charge in [-0.1, -0.05) is 164 Å². The van der Waals surface area contributed by atoms with Crippen molar-refractivity contribution in [2.45, 2.75) is 6.42 Å². The third-order valence-electron chi connectivity index (χ3n) is 13.2. The van der Waals surface area contributed by atoms with Crippen molar-refractivity contribution in [3.63, 3.8) is 0 Å². The second-order valence-electron chi connectivity index (χ2n) is 16.7. The molecule has 298 valence electrons. The quantitative estimate of drug-likeness (QED) is 0.174. The lowest BCUT2D eigenvalue weighted by molar-refractivity contribution is 0.668. The van der Waals surface area contributed by atoms with E-state index in [0.29, 0.717) is 17.6 Å². The van der Waals surface area contributed by atoms with Gasteiger partial charge in [0.15, 0.2) is 11.6 Å². The highest BCUT2D eigenvalue weighted by Crippen LogP contribution is 2.45. The predicted octanol–water partition coefficient (Wildman–Crippen LogP) is 14.5. The van der Waals surface area contributed by atoms with Gasteiger partial charge in [0.25, 0.3) is 0 Å². The fourth-order valence-corrected chi connectivity index (χ4v) is 10.5. The molecule has 6 heteroatoms. The Morgan fingerprint density at radius 2 is 0.984 bits per heavy atom. The van der Waals surface area contributed by atoms with Crippen LogP contribution in [0.4, 0.5) is 0 Å². The molecule has 14 rings (SSSR count). The van der Waals surface area contributed by atoms with Gasteiger partial charge in [0, 0.05) is 49.5 Å². The summed E-state index contributed by atoms with van der Waals surface area (Å²) >= 11 is 0. The van der Waals surface area contributed by atoms with Gasteiger partial charge in [-0.05, 0) is 70.1 Å². The van der Waals surface area contributed by atoms with E-state index in [4.69, 9.17) is 19.4 Å². The first-order valence-corrected chi connectivity index (χ1v) is 21.7. The maximum Gasteiger partial charge on any atom is 0.238 e. The van der Waals surface area contributed by atoms with Crippen LogP contribution in [0.3, 0.4) is 0 Å². The fourth-order valence-electron chi connectivity index (χ4n) is 10.5. The van der Waals surface area contributed by atoms with Gasteiger partial charge >= 0.3 is 0 Å². The van der Waals surface area contributed by atoms with Crippen LogP contribution in [0.15, 0.2) is 205 Å². The molecule has 0 fully saturated rings. The van der Waals surface area contributed by atoms with E-state index in [9.17, 15) is 0 Å². The predicted molar refractivity (Wildman–Crippen MR) is 260 cm³/mol. The number of para-hydroxylation sites is 2. The lowest BCUT2D eigenvalue weighted by Gasteiger charge is -2.14. The molecule has 0 atom stereocenters. The van der Waals surface area contributed by atoms with Gasteiger partial charge in [0.05, 0.1) is 27.8 Å². The standard InChI is InChI=1S/C58H35N5O/c1-3-15-35(16-4-1)40-24-14-28-50-53(40)46-30-29-39(34-51(46)64-50)62-48-26-11-9-22-42(48)44-31-32-45-43-23-10-12-27-49(43)63(55(45)54(44)62)58-60-56(36-17-5-2-6-18-36)59-57(61-58)47-25-13-20-38-33-37-19-7-8-21-41(37)52(38)47/h1-32,34H,33H2. The molecule has 1 aliphatic carbocycles. The van der Waals surface area contributed by atoms with Gasteiger partial charge in [-0.2, -0.15) is 9.97 Å². The summed E-state index contributed by atoms with van der Waals surface area (Å²) in [6.07, 6.45) is 0.881. The van der Waals surface area contributed by atoms with Gasteiger partial charge in [0.1, 0.15) is 11.2 Å². The Labute approximate surface area is 367 Å². The number of hydrogen-bond acceptors (Lipinski definition) is 4. The lowest BCUT2D eigenvalue weighted by atomic mass is 9.99. The van der Waals surface area contributed by atoms with Crippen LogP contribution in [0.2, 0.25) is 0 Å². The third-order valence-corrected chi connectivity index (χ3v) is 13.2. The molecule has 9 aromatic carbocycles. The van der Waals surface area contributed by atoms with Gasteiger partial charge in [0.2, 0.25) is 5.95 Å². The minimum absolute atomic E-state index is 0.560. The molecule has 0 aliphatic heterocycles. The highest BCUT2D eigenvalue weighted by Gasteiger charge is 2.27. The summed E-state index contributed by atoms with van der Waals surface area (Å²) < 4.78 is 11.4. The molecule has 0 amide bonds. The van der Waals surface area contributed by atoms with Crippen LogP contribution >= 0.6 is 0 Å². The number of nitrogens with zero attached hydrogens (tertiary/aromatic N) is 5. The highest BCUT2D eigenvalue weighted by atomic mass is 16.3. The summed E-state index contributed by atoms with van der Waals surface area (Å²) in [7, 11) is 0. The number of rotatable bonds is 5. The number of benzene rings is 9. The molecule has 0 spiro atoms. The molecule has 0 saturated carbocycles. The van der Waals surface area contributed by atoms with Crippen LogP contribution in [0.1, 0.15) is 11.1 Å². The summed E-state index contributed by atoms with van der Waals surface area (Å²) in [5.74, 6) is 1.82. The van der Waals surface area contributed by atoms with Crippen molar-refractivity contribution in [2.24, 2.45) is 0 Å². The van der Waals surface area contributed by atoms with E-state index in [1.54, 1.807) is 0 Å². The van der Waals surface area contributed by atoms with E-state index in [2.05, 4.69) is 191 Å². The molecule has 4 aromatic heterocycles. The van der Waals surface area contributed by atoms with Crippen LogP contribution < -0.4 is 0 Å². The number of hydrogen-bond donors (Lipinski definition) is 0. The number of aromatic nitrogens is 5. The average molecular weight is 818 g/mol. The maximum absolute atomic E-state index is 6.72. The molecule has 64 heavy (non-hydrogen) atoms. The Kier molecular flexibility index (Phi) is 7.36. The monoisotopic (exact) mass is 817 g/mol. The smallest absolute Gasteiger partial charge is 0.238 e. The molecule has 0 unspecified atom stereocenters. The van der Waals surface area contributed by atoms with E-state index in [1.807, 2.05) is 18.2 Å². The zero-order chi connectivity index (χ0) is 41.9. The van der Waals surface area contributed by atoms with Gasteiger partial charge in [-0.25, -0.2) is 4.98 Å².